The van der Waals surface area contributed by atoms with Crippen molar-refractivity contribution in [3.05, 3.63) is 21.0 Å². The number of alkyl halides is 4. The number of halogens is 5. The number of carbonyl (C=O) groups is 1. The van der Waals surface area contributed by atoms with Gasteiger partial charge in [-0.05, 0) is 35.6 Å². The number of hydrogen-bond acceptors (Lipinski definition) is 4. The highest BCUT2D eigenvalue weighted by molar-refractivity contribution is 14.1. The molecule has 0 fully saturated rings. The van der Waals surface area contributed by atoms with Gasteiger partial charge in [0, 0.05) is 3.57 Å². The zero-order valence-electron chi connectivity index (χ0n) is 9.55. The molecular formula is C10H8ClF3INO3. The predicted octanol–water partition coefficient (Wildman–Crippen LogP) is 3.50. The van der Waals surface area contributed by atoms with Crippen LogP contribution >= 0.6 is 34.2 Å². The third-order valence-electron chi connectivity index (χ3n) is 1.83. The first-order chi connectivity index (χ1) is 8.78. The van der Waals surface area contributed by atoms with Crippen LogP contribution < -0.4 is 4.74 Å². The van der Waals surface area contributed by atoms with E-state index in [9.17, 15) is 18.0 Å². The van der Waals surface area contributed by atoms with Gasteiger partial charge in [-0.25, -0.2) is 9.78 Å². The first-order valence-corrected chi connectivity index (χ1v) is 6.58. The number of carbonyl (C=O) groups excluding carboxylic acids is 1. The fraction of sp³-hybridized carbons (Fsp3) is 0.400. The van der Waals surface area contributed by atoms with Gasteiger partial charge in [0.05, 0.1) is 18.2 Å². The van der Waals surface area contributed by atoms with E-state index in [0.29, 0.717) is 3.57 Å². The van der Waals surface area contributed by atoms with Crippen LogP contribution in [0.1, 0.15) is 23.1 Å². The van der Waals surface area contributed by atoms with Crippen molar-refractivity contribution >= 4 is 40.2 Å². The Kier molecular flexibility index (Phi) is 5.65. The molecule has 0 radical (unpaired) electrons. The fourth-order valence-electron chi connectivity index (χ4n) is 1.15. The number of rotatable bonds is 4. The van der Waals surface area contributed by atoms with Crippen LogP contribution in [-0.4, -0.2) is 23.9 Å². The molecule has 4 nitrogen and oxygen atoms in total. The van der Waals surface area contributed by atoms with E-state index in [0.717, 1.165) is 6.07 Å². The zero-order chi connectivity index (χ0) is 14.6. The van der Waals surface area contributed by atoms with Gasteiger partial charge >= 0.3 is 12.3 Å². The fourth-order valence-corrected chi connectivity index (χ4v) is 2.18. The molecule has 0 spiro atoms. The first kappa shape index (κ1) is 16.3. The summed E-state index contributed by atoms with van der Waals surface area (Å²) in [6.45, 7) is 1.53. The summed E-state index contributed by atoms with van der Waals surface area (Å²) in [7, 11) is 0. The van der Waals surface area contributed by atoms with E-state index in [2.05, 4.69) is 14.5 Å². The third-order valence-corrected chi connectivity index (χ3v) is 3.02. The van der Waals surface area contributed by atoms with Gasteiger partial charge in [-0.2, -0.15) is 0 Å². The van der Waals surface area contributed by atoms with Crippen molar-refractivity contribution in [2.75, 3.05) is 6.61 Å². The number of ether oxygens (including phenoxy) is 2. The molecule has 106 valence electrons. The molecule has 0 aliphatic rings. The molecule has 0 amide bonds. The Bertz CT molecular complexity index is 482. The minimum atomic E-state index is -4.92. The lowest BCUT2D eigenvalue weighted by atomic mass is 10.3. The van der Waals surface area contributed by atoms with Crippen LogP contribution in [0.3, 0.4) is 0 Å². The van der Waals surface area contributed by atoms with Crippen LogP contribution in [0.2, 0.25) is 0 Å². The summed E-state index contributed by atoms with van der Waals surface area (Å²) < 4.78 is 45.5. The predicted molar refractivity (Wildman–Crippen MR) is 69.2 cm³/mol. The van der Waals surface area contributed by atoms with E-state index in [1.807, 2.05) is 0 Å². The summed E-state index contributed by atoms with van der Waals surface area (Å²) in [6, 6.07) is 1.05. The van der Waals surface area contributed by atoms with Crippen LogP contribution in [0, 0.1) is 3.57 Å². The normalized spacial score (nSPS) is 11.3. The van der Waals surface area contributed by atoms with Gasteiger partial charge in [0.15, 0.2) is 11.4 Å². The monoisotopic (exact) mass is 409 g/mol. The smallest absolute Gasteiger partial charge is 0.461 e. The van der Waals surface area contributed by atoms with E-state index >= 15 is 0 Å². The Morgan fingerprint density at radius 3 is 2.63 bits per heavy atom. The quantitative estimate of drug-likeness (QED) is 0.434. The van der Waals surface area contributed by atoms with Crippen molar-refractivity contribution in [1.29, 1.82) is 0 Å². The van der Waals surface area contributed by atoms with Gasteiger partial charge in [0.2, 0.25) is 0 Å². The zero-order valence-corrected chi connectivity index (χ0v) is 12.5. The third kappa shape index (κ3) is 4.68. The number of nitrogens with zero attached hydrogens (tertiary/aromatic N) is 1. The van der Waals surface area contributed by atoms with E-state index in [-0.39, 0.29) is 18.2 Å². The molecule has 0 saturated heterocycles. The van der Waals surface area contributed by atoms with Gasteiger partial charge in [0.25, 0.3) is 0 Å². The van der Waals surface area contributed by atoms with Crippen molar-refractivity contribution in [3.63, 3.8) is 0 Å². The molecule has 0 aliphatic carbocycles. The van der Waals surface area contributed by atoms with E-state index in [1.54, 1.807) is 22.6 Å². The van der Waals surface area contributed by atoms with E-state index in [1.165, 1.54) is 6.92 Å². The lowest BCUT2D eigenvalue weighted by molar-refractivity contribution is -0.274. The molecule has 1 heterocycles. The van der Waals surface area contributed by atoms with Crippen LogP contribution in [0.4, 0.5) is 13.2 Å². The van der Waals surface area contributed by atoms with Crippen molar-refractivity contribution in [3.8, 4) is 5.75 Å². The van der Waals surface area contributed by atoms with Gasteiger partial charge in [-0.1, -0.05) is 0 Å². The highest BCUT2D eigenvalue weighted by atomic mass is 127. The summed E-state index contributed by atoms with van der Waals surface area (Å²) in [6.07, 6.45) is -4.92. The SMILES string of the molecule is CCOC(=O)c1nc(CCl)c(I)cc1OC(F)(F)F. The Labute approximate surface area is 125 Å². The molecule has 19 heavy (non-hydrogen) atoms. The summed E-state index contributed by atoms with van der Waals surface area (Å²) >= 11 is 7.34. The number of aromatic nitrogens is 1. The molecule has 1 rings (SSSR count). The summed E-state index contributed by atoms with van der Waals surface area (Å²) in [5.74, 6) is -1.74. The Hall–Kier alpha value is -0.770. The molecule has 1 aromatic rings. The molecule has 0 saturated carbocycles. The molecule has 0 atom stereocenters. The average molecular weight is 410 g/mol. The molecule has 0 N–H and O–H groups in total. The molecule has 0 unspecified atom stereocenters. The number of esters is 1. The maximum absolute atomic E-state index is 12.3. The standard InChI is InChI=1S/C10H8ClF3INO3/c1-2-18-9(17)8-7(19-10(12,13)14)3-5(15)6(4-11)16-8/h3H,2,4H2,1H3. The maximum Gasteiger partial charge on any atom is 0.573 e. The molecular weight excluding hydrogens is 401 g/mol. The summed E-state index contributed by atoms with van der Waals surface area (Å²) in [5, 5.41) is 0. The van der Waals surface area contributed by atoms with E-state index in [4.69, 9.17) is 11.6 Å². The molecule has 0 bridgehead atoms. The van der Waals surface area contributed by atoms with Crippen molar-refractivity contribution in [1.82, 2.24) is 4.98 Å². The van der Waals surface area contributed by atoms with Crippen molar-refractivity contribution < 1.29 is 27.4 Å². The van der Waals surface area contributed by atoms with Gasteiger partial charge in [0.1, 0.15) is 0 Å². The topological polar surface area (TPSA) is 48.4 Å². The Morgan fingerprint density at radius 2 is 2.16 bits per heavy atom. The molecule has 0 aromatic carbocycles. The van der Waals surface area contributed by atoms with Gasteiger partial charge < -0.3 is 9.47 Å². The second-order valence-electron chi connectivity index (χ2n) is 3.17. The van der Waals surface area contributed by atoms with Crippen molar-refractivity contribution in [2.24, 2.45) is 0 Å². The van der Waals surface area contributed by atoms with E-state index < -0.39 is 23.8 Å². The second kappa shape index (κ2) is 6.60. The minimum absolute atomic E-state index is 0.00810. The van der Waals surface area contributed by atoms with Crippen LogP contribution in [0.25, 0.3) is 0 Å². The lowest BCUT2D eigenvalue weighted by Crippen LogP contribution is -2.21. The van der Waals surface area contributed by atoms with Gasteiger partial charge in [-0.3, -0.25) is 0 Å². The molecule has 0 aliphatic heterocycles. The molecule has 1 aromatic heterocycles. The van der Waals surface area contributed by atoms with Crippen LogP contribution in [0.5, 0.6) is 5.75 Å². The summed E-state index contributed by atoms with van der Waals surface area (Å²) in [5.41, 5.74) is -0.268. The first-order valence-electron chi connectivity index (χ1n) is 4.96. The number of pyridine rings is 1. The average Bonchev–Trinajstić information content (AvgIpc) is 2.27. The summed E-state index contributed by atoms with van der Waals surface area (Å²) in [4.78, 5) is 15.3. The Balaban J connectivity index is 3.26. The Morgan fingerprint density at radius 1 is 1.53 bits per heavy atom. The highest BCUT2D eigenvalue weighted by Crippen LogP contribution is 2.29. The largest absolute Gasteiger partial charge is 0.573 e. The van der Waals surface area contributed by atoms with Gasteiger partial charge in [-0.15, -0.1) is 24.8 Å². The lowest BCUT2D eigenvalue weighted by Gasteiger charge is -2.13. The van der Waals surface area contributed by atoms with Crippen LogP contribution in [0.15, 0.2) is 6.07 Å². The molecule has 9 heteroatoms. The highest BCUT2D eigenvalue weighted by Gasteiger charge is 2.34. The van der Waals surface area contributed by atoms with Crippen molar-refractivity contribution in [2.45, 2.75) is 19.2 Å². The number of hydrogen-bond donors (Lipinski definition) is 0. The van der Waals surface area contributed by atoms with Crippen LogP contribution in [-0.2, 0) is 10.6 Å². The maximum atomic E-state index is 12.3. The minimum Gasteiger partial charge on any atom is -0.461 e. The second-order valence-corrected chi connectivity index (χ2v) is 4.59.